The second-order valence-corrected chi connectivity index (χ2v) is 11.3. The number of benzene rings is 1. The van der Waals surface area contributed by atoms with E-state index < -0.39 is 0 Å². The van der Waals surface area contributed by atoms with Gasteiger partial charge in [0, 0.05) is 5.56 Å². The number of allylic oxidation sites excluding steroid dienone is 1. The fraction of sp³-hybridized carbons (Fsp3) is 0.789. The van der Waals surface area contributed by atoms with Gasteiger partial charge in [-0.25, -0.2) is 0 Å². The molecule has 0 saturated carbocycles. The van der Waals surface area contributed by atoms with Gasteiger partial charge in [0.1, 0.15) is 12.4 Å². The molecule has 0 radical (unpaired) electrons. The summed E-state index contributed by atoms with van der Waals surface area (Å²) in [6, 6.07) is 6.54. The fourth-order valence-corrected chi connectivity index (χ4v) is 4.62. The summed E-state index contributed by atoms with van der Waals surface area (Å²) in [7, 11) is 0. The predicted molar refractivity (Wildman–Crippen MR) is 193 cm³/mol. The van der Waals surface area contributed by atoms with Crippen LogP contribution < -0.4 is 4.74 Å². The normalized spacial score (nSPS) is 11.7. The molecule has 0 amide bonds. The molecule has 286 valence electrons. The van der Waals surface area contributed by atoms with Gasteiger partial charge in [-0.3, -0.25) is 0 Å². The molecule has 49 heavy (non-hydrogen) atoms. The lowest BCUT2D eigenvalue weighted by Crippen LogP contribution is -2.15. The Bertz CT molecular complexity index is 840. The number of aliphatic hydroxyl groups is 1. The molecule has 0 atom stereocenters. The molecule has 11 nitrogen and oxygen atoms in total. The molecule has 0 fully saturated rings. The Morgan fingerprint density at radius 1 is 0.490 bits per heavy atom. The minimum absolute atomic E-state index is 0.0272. The van der Waals surface area contributed by atoms with Gasteiger partial charge in [-0.05, 0) is 37.5 Å². The van der Waals surface area contributed by atoms with E-state index in [0.717, 1.165) is 17.7 Å². The van der Waals surface area contributed by atoms with Crippen LogP contribution in [0.5, 0.6) is 5.75 Å². The lowest BCUT2D eigenvalue weighted by molar-refractivity contribution is -0.0258. The Morgan fingerprint density at radius 3 is 1.29 bits per heavy atom. The van der Waals surface area contributed by atoms with Crippen LogP contribution >= 0.6 is 0 Å². The van der Waals surface area contributed by atoms with Crippen molar-refractivity contribution >= 4 is 6.08 Å². The van der Waals surface area contributed by atoms with Crippen molar-refractivity contribution in [1.29, 1.82) is 0 Å². The number of aliphatic hydroxyl groups excluding tert-OH is 1. The summed E-state index contributed by atoms with van der Waals surface area (Å²) < 4.78 is 55.1. The van der Waals surface area contributed by atoms with Gasteiger partial charge in [0.2, 0.25) is 0 Å². The molecular formula is C38H68O11. The van der Waals surface area contributed by atoms with Crippen LogP contribution in [0.25, 0.3) is 6.08 Å². The molecule has 1 N–H and O–H groups in total. The molecule has 1 aromatic rings. The van der Waals surface area contributed by atoms with Crippen molar-refractivity contribution in [3.05, 3.63) is 35.4 Å². The van der Waals surface area contributed by atoms with Crippen molar-refractivity contribution in [3.63, 3.8) is 0 Å². The number of aryl methyl sites for hydroxylation is 1. The van der Waals surface area contributed by atoms with E-state index in [9.17, 15) is 0 Å². The second kappa shape index (κ2) is 37.6. The van der Waals surface area contributed by atoms with Crippen molar-refractivity contribution < 1.29 is 52.5 Å². The first-order chi connectivity index (χ1) is 24.3. The number of hydrogen-bond donors (Lipinski definition) is 1. The van der Waals surface area contributed by atoms with Crippen molar-refractivity contribution in [2.24, 2.45) is 0 Å². The average molecular weight is 701 g/mol. The van der Waals surface area contributed by atoms with Gasteiger partial charge in [0.25, 0.3) is 0 Å². The van der Waals surface area contributed by atoms with Crippen LogP contribution in [0.4, 0.5) is 0 Å². The number of rotatable bonds is 39. The summed E-state index contributed by atoms with van der Waals surface area (Å²) in [6.45, 7) is 13.8. The molecule has 0 aliphatic heterocycles. The lowest BCUT2D eigenvalue weighted by atomic mass is 10.0. The monoisotopic (exact) mass is 700 g/mol. The molecule has 0 unspecified atom stereocenters. The maximum absolute atomic E-state index is 8.59. The van der Waals surface area contributed by atoms with Gasteiger partial charge < -0.3 is 52.5 Å². The third kappa shape index (κ3) is 30.9. The highest BCUT2D eigenvalue weighted by molar-refractivity contribution is 5.58. The van der Waals surface area contributed by atoms with Gasteiger partial charge in [-0.2, -0.15) is 0 Å². The Hall–Kier alpha value is -1.64. The highest BCUT2D eigenvalue weighted by Crippen LogP contribution is 2.23. The highest BCUT2D eigenvalue weighted by Gasteiger charge is 2.04. The zero-order valence-electron chi connectivity index (χ0n) is 30.7. The van der Waals surface area contributed by atoms with Gasteiger partial charge in [0.05, 0.1) is 126 Å². The van der Waals surface area contributed by atoms with Crippen LogP contribution in [-0.2, 0) is 49.1 Å². The SMILES string of the molecule is C/C=C/c1cc(CCCCCCCCC)ccc1OCCOCCOCCOCCOCCOCCOCCOCCOCCOCCO. The van der Waals surface area contributed by atoms with E-state index in [1.807, 2.05) is 6.92 Å². The predicted octanol–water partition coefficient (Wildman–Crippen LogP) is 5.53. The van der Waals surface area contributed by atoms with E-state index in [2.05, 4.69) is 37.3 Å². The maximum Gasteiger partial charge on any atom is 0.126 e. The lowest BCUT2D eigenvalue weighted by Gasteiger charge is -2.12. The van der Waals surface area contributed by atoms with Gasteiger partial charge >= 0.3 is 0 Å². The van der Waals surface area contributed by atoms with Crippen molar-refractivity contribution in [1.82, 2.24) is 0 Å². The highest BCUT2D eigenvalue weighted by atomic mass is 16.6. The minimum Gasteiger partial charge on any atom is -0.491 e. The summed E-state index contributed by atoms with van der Waals surface area (Å²) in [5.41, 5.74) is 2.50. The van der Waals surface area contributed by atoms with E-state index in [0.29, 0.717) is 126 Å². The smallest absolute Gasteiger partial charge is 0.126 e. The molecule has 0 heterocycles. The Balaban J connectivity index is 1.84. The Kier molecular flexibility index (Phi) is 34.8. The number of unbranched alkanes of at least 4 members (excludes halogenated alkanes) is 6. The first kappa shape index (κ1) is 45.4. The second-order valence-electron chi connectivity index (χ2n) is 11.3. The van der Waals surface area contributed by atoms with E-state index >= 15 is 0 Å². The van der Waals surface area contributed by atoms with Crippen LogP contribution in [0, 0.1) is 0 Å². The van der Waals surface area contributed by atoms with Crippen LogP contribution in [0.15, 0.2) is 24.3 Å². The standard InChI is InChI=1S/C38H68O11/c1-3-5-6-7-8-9-10-12-36-13-14-38(37(35-36)11-4-2)49-34-33-48-32-31-47-30-29-46-28-27-45-26-25-44-24-23-43-22-21-42-20-19-41-18-17-40-16-15-39/h4,11,13-14,35,39H,3,5-10,12,15-34H2,1-2H3/b11-4+. The van der Waals surface area contributed by atoms with Crippen molar-refractivity contribution in [3.8, 4) is 5.75 Å². The summed E-state index contributed by atoms with van der Waals surface area (Å²) in [4.78, 5) is 0. The summed E-state index contributed by atoms with van der Waals surface area (Å²) >= 11 is 0. The van der Waals surface area contributed by atoms with Crippen molar-refractivity contribution in [2.75, 3.05) is 132 Å². The van der Waals surface area contributed by atoms with Gasteiger partial charge in [-0.1, -0.05) is 63.7 Å². The zero-order chi connectivity index (χ0) is 35.1. The fourth-order valence-electron chi connectivity index (χ4n) is 4.62. The third-order valence-corrected chi connectivity index (χ3v) is 7.19. The molecule has 0 aromatic heterocycles. The topological polar surface area (TPSA) is 113 Å². The number of hydrogen-bond acceptors (Lipinski definition) is 11. The largest absolute Gasteiger partial charge is 0.491 e. The van der Waals surface area contributed by atoms with Crippen LogP contribution in [0.1, 0.15) is 69.9 Å². The van der Waals surface area contributed by atoms with Crippen LogP contribution in [-0.4, -0.2) is 137 Å². The van der Waals surface area contributed by atoms with Crippen LogP contribution in [0.3, 0.4) is 0 Å². The molecule has 0 aliphatic rings. The molecule has 0 saturated heterocycles. The van der Waals surface area contributed by atoms with E-state index in [4.69, 9.17) is 52.5 Å². The zero-order valence-corrected chi connectivity index (χ0v) is 30.7. The molecule has 0 bridgehead atoms. The summed E-state index contributed by atoms with van der Waals surface area (Å²) in [6.07, 6.45) is 14.6. The Labute approximate surface area is 296 Å². The maximum atomic E-state index is 8.59. The first-order valence-electron chi connectivity index (χ1n) is 18.5. The van der Waals surface area contributed by atoms with E-state index in [1.54, 1.807) is 0 Å². The summed E-state index contributed by atoms with van der Waals surface area (Å²) in [5.74, 6) is 0.899. The first-order valence-corrected chi connectivity index (χ1v) is 18.5. The number of ether oxygens (including phenoxy) is 10. The van der Waals surface area contributed by atoms with E-state index in [1.165, 1.54) is 50.5 Å². The summed E-state index contributed by atoms with van der Waals surface area (Å²) in [5, 5.41) is 8.59. The molecule has 0 aliphatic carbocycles. The molecule has 0 spiro atoms. The van der Waals surface area contributed by atoms with Crippen LogP contribution in [0.2, 0.25) is 0 Å². The molecule has 1 aromatic carbocycles. The molecule has 1 rings (SSSR count). The van der Waals surface area contributed by atoms with Crippen molar-refractivity contribution in [2.45, 2.75) is 65.2 Å². The quantitative estimate of drug-likeness (QED) is 0.0875. The van der Waals surface area contributed by atoms with E-state index in [-0.39, 0.29) is 6.61 Å². The van der Waals surface area contributed by atoms with Gasteiger partial charge in [-0.15, -0.1) is 0 Å². The Morgan fingerprint density at radius 2 is 0.878 bits per heavy atom. The average Bonchev–Trinajstić information content (AvgIpc) is 3.11. The van der Waals surface area contributed by atoms with Gasteiger partial charge in [0.15, 0.2) is 0 Å². The minimum atomic E-state index is 0.0272. The third-order valence-electron chi connectivity index (χ3n) is 7.19. The molecule has 11 heteroatoms. The molecular weight excluding hydrogens is 632 g/mol.